The van der Waals surface area contributed by atoms with Gasteiger partial charge in [0.2, 0.25) is 0 Å². The molecule has 2 fully saturated rings. The lowest BCUT2D eigenvalue weighted by atomic mass is 9.73. The maximum absolute atomic E-state index is 13.1. The number of nitrogens with zero attached hydrogens (tertiary/aromatic N) is 1. The molecule has 1 aliphatic heterocycles. The molecule has 1 N–H and O–H groups in total. The van der Waals surface area contributed by atoms with Gasteiger partial charge in [0, 0.05) is 13.0 Å². The third kappa shape index (κ3) is 5.49. The first-order valence-corrected chi connectivity index (χ1v) is 11.8. The van der Waals surface area contributed by atoms with Crippen LogP contribution in [0.15, 0.2) is 18.2 Å². The molecule has 8 heteroatoms. The van der Waals surface area contributed by atoms with Crippen molar-refractivity contribution in [1.29, 1.82) is 0 Å². The van der Waals surface area contributed by atoms with E-state index in [1.807, 2.05) is 12.1 Å². The van der Waals surface area contributed by atoms with E-state index in [0.717, 1.165) is 18.4 Å². The fraction of sp³-hybridized carbons (Fsp3) is 0.640. The van der Waals surface area contributed by atoms with Crippen molar-refractivity contribution in [2.75, 3.05) is 27.4 Å². The Kier molecular flexibility index (Phi) is 8.35. The third-order valence-corrected chi connectivity index (χ3v) is 6.97. The van der Waals surface area contributed by atoms with Crippen LogP contribution in [-0.2, 0) is 25.5 Å². The molecule has 1 saturated carbocycles. The fourth-order valence-electron chi connectivity index (χ4n) is 4.80. The second-order valence-corrected chi connectivity index (χ2v) is 9.02. The molecule has 1 saturated heterocycles. The summed E-state index contributed by atoms with van der Waals surface area (Å²) in [6.45, 7) is 2.26. The number of ketones is 1. The average molecular weight is 462 g/mol. The molecule has 1 aromatic rings. The largest absolute Gasteiger partial charge is 0.493 e. The molecule has 182 valence electrons. The molecule has 3 unspecified atom stereocenters. The zero-order valence-electron chi connectivity index (χ0n) is 19.8. The third-order valence-electron chi connectivity index (χ3n) is 6.97. The van der Waals surface area contributed by atoms with Gasteiger partial charge in [0.05, 0.1) is 20.8 Å². The summed E-state index contributed by atoms with van der Waals surface area (Å²) >= 11 is 0. The molecule has 8 nitrogen and oxygen atoms in total. The SMILES string of the molecule is COc1ccc(CCOC(=O)C2CCCCN2C(=O)C(=O)C2(O)CCCCC2C)cc1OC. The molecular weight excluding hydrogens is 426 g/mol. The van der Waals surface area contributed by atoms with Gasteiger partial charge in [0.25, 0.3) is 11.7 Å². The molecule has 33 heavy (non-hydrogen) atoms. The Morgan fingerprint density at radius 2 is 1.79 bits per heavy atom. The van der Waals surface area contributed by atoms with Crippen LogP contribution in [0.2, 0.25) is 0 Å². The van der Waals surface area contributed by atoms with Crippen LogP contribution in [0.1, 0.15) is 57.4 Å². The Bertz CT molecular complexity index is 870. The van der Waals surface area contributed by atoms with Gasteiger partial charge in [-0.3, -0.25) is 9.59 Å². The highest BCUT2D eigenvalue weighted by atomic mass is 16.5. The number of ether oxygens (including phenoxy) is 3. The van der Waals surface area contributed by atoms with Crippen molar-refractivity contribution in [3.8, 4) is 11.5 Å². The van der Waals surface area contributed by atoms with E-state index >= 15 is 0 Å². The van der Waals surface area contributed by atoms with E-state index in [-0.39, 0.29) is 18.9 Å². The molecule has 0 bridgehead atoms. The lowest BCUT2D eigenvalue weighted by Gasteiger charge is -2.39. The van der Waals surface area contributed by atoms with Crippen molar-refractivity contribution >= 4 is 17.7 Å². The van der Waals surface area contributed by atoms with Crippen LogP contribution in [0.5, 0.6) is 11.5 Å². The Hall–Kier alpha value is -2.61. The molecule has 1 aromatic carbocycles. The number of benzene rings is 1. The molecule has 2 aliphatic rings. The van der Waals surface area contributed by atoms with Crippen molar-refractivity contribution in [2.24, 2.45) is 5.92 Å². The monoisotopic (exact) mass is 461 g/mol. The van der Waals surface area contributed by atoms with Crippen molar-refractivity contribution in [3.05, 3.63) is 23.8 Å². The van der Waals surface area contributed by atoms with Crippen LogP contribution >= 0.6 is 0 Å². The molecule has 1 aliphatic carbocycles. The number of piperidine rings is 1. The number of rotatable bonds is 8. The van der Waals surface area contributed by atoms with Gasteiger partial charge in [-0.15, -0.1) is 0 Å². The summed E-state index contributed by atoms with van der Waals surface area (Å²) in [5.74, 6) is -1.14. The molecule has 1 heterocycles. The molecular formula is C25H35NO7. The first kappa shape index (κ1) is 25.0. The minimum atomic E-state index is -1.64. The fourth-order valence-corrected chi connectivity index (χ4v) is 4.80. The van der Waals surface area contributed by atoms with E-state index in [9.17, 15) is 19.5 Å². The normalized spacial score (nSPS) is 25.3. The summed E-state index contributed by atoms with van der Waals surface area (Å²) in [4.78, 5) is 40.2. The number of Topliss-reactive ketones (excluding diaryl/α,β-unsaturated/α-hetero) is 1. The second kappa shape index (κ2) is 11.0. The van der Waals surface area contributed by atoms with Gasteiger partial charge < -0.3 is 24.2 Å². The Morgan fingerprint density at radius 3 is 2.48 bits per heavy atom. The van der Waals surface area contributed by atoms with Crippen molar-refractivity contribution < 1.29 is 33.7 Å². The number of likely N-dealkylation sites (tertiary alicyclic amines) is 1. The Balaban J connectivity index is 1.61. The molecule has 0 spiro atoms. The van der Waals surface area contributed by atoms with Crippen LogP contribution in [0, 0.1) is 5.92 Å². The van der Waals surface area contributed by atoms with Gasteiger partial charge in [-0.2, -0.15) is 0 Å². The number of methoxy groups -OCH3 is 2. The van der Waals surface area contributed by atoms with Crippen molar-refractivity contribution in [2.45, 2.75) is 69.9 Å². The van der Waals surface area contributed by atoms with Crippen LogP contribution in [0.3, 0.4) is 0 Å². The second-order valence-electron chi connectivity index (χ2n) is 9.02. The summed E-state index contributed by atoms with van der Waals surface area (Å²) in [6.07, 6.45) is 5.04. The van der Waals surface area contributed by atoms with Gasteiger partial charge in [-0.1, -0.05) is 25.8 Å². The molecule has 0 aromatic heterocycles. The lowest BCUT2D eigenvalue weighted by Crippen LogP contribution is -2.58. The van der Waals surface area contributed by atoms with E-state index < -0.39 is 29.3 Å². The highest BCUT2D eigenvalue weighted by molar-refractivity contribution is 6.39. The zero-order chi connectivity index (χ0) is 24.0. The number of hydrogen-bond acceptors (Lipinski definition) is 7. The van der Waals surface area contributed by atoms with Gasteiger partial charge >= 0.3 is 5.97 Å². The summed E-state index contributed by atoms with van der Waals surface area (Å²) in [5.41, 5.74) is -0.727. The predicted octanol–water partition coefficient (Wildman–Crippen LogP) is 2.68. The topological polar surface area (TPSA) is 102 Å². The summed E-state index contributed by atoms with van der Waals surface area (Å²) in [6, 6.07) is 4.69. The minimum absolute atomic E-state index is 0.141. The molecule has 3 atom stereocenters. The van der Waals surface area contributed by atoms with Gasteiger partial charge in [0.1, 0.15) is 11.6 Å². The van der Waals surface area contributed by atoms with E-state index in [4.69, 9.17) is 14.2 Å². The Labute approximate surface area is 195 Å². The molecule has 3 rings (SSSR count). The van der Waals surface area contributed by atoms with Crippen LogP contribution < -0.4 is 9.47 Å². The summed E-state index contributed by atoms with van der Waals surface area (Å²) in [7, 11) is 3.12. The standard InChI is InChI=1S/C25H35NO7/c1-17-8-4-6-13-25(17,30)22(27)23(28)26-14-7-5-9-19(26)24(29)33-15-12-18-10-11-20(31-2)21(16-18)32-3/h10-11,16-17,19,30H,4-9,12-15H2,1-3H3. The summed E-state index contributed by atoms with van der Waals surface area (Å²) in [5, 5.41) is 10.9. The maximum atomic E-state index is 13.1. The average Bonchev–Trinajstić information content (AvgIpc) is 2.84. The van der Waals surface area contributed by atoms with Gasteiger partial charge in [-0.05, 0) is 55.7 Å². The van der Waals surface area contributed by atoms with Crippen LogP contribution in [0.4, 0.5) is 0 Å². The van der Waals surface area contributed by atoms with Crippen molar-refractivity contribution in [1.82, 2.24) is 4.90 Å². The van der Waals surface area contributed by atoms with E-state index in [0.29, 0.717) is 50.1 Å². The molecule has 1 amide bonds. The number of hydrogen-bond donors (Lipinski definition) is 1. The first-order valence-electron chi connectivity index (χ1n) is 11.8. The number of aliphatic hydroxyl groups is 1. The maximum Gasteiger partial charge on any atom is 0.328 e. The van der Waals surface area contributed by atoms with Gasteiger partial charge in [0.15, 0.2) is 11.5 Å². The quantitative estimate of drug-likeness (QED) is 0.469. The molecule has 0 radical (unpaired) electrons. The van der Waals surface area contributed by atoms with E-state index in [1.165, 1.54) is 4.90 Å². The summed E-state index contributed by atoms with van der Waals surface area (Å²) < 4.78 is 16.0. The minimum Gasteiger partial charge on any atom is -0.493 e. The highest BCUT2D eigenvalue weighted by Crippen LogP contribution is 2.35. The van der Waals surface area contributed by atoms with E-state index in [1.54, 1.807) is 27.2 Å². The number of carbonyl (C=O) groups is 3. The smallest absolute Gasteiger partial charge is 0.328 e. The lowest BCUT2D eigenvalue weighted by molar-refractivity contribution is -0.167. The number of amides is 1. The van der Waals surface area contributed by atoms with Crippen LogP contribution in [-0.4, -0.2) is 66.7 Å². The number of esters is 1. The predicted molar refractivity (Wildman–Crippen MR) is 121 cm³/mol. The number of carbonyl (C=O) groups excluding carboxylic acids is 3. The first-order chi connectivity index (χ1) is 15.8. The Morgan fingerprint density at radius 1 is 1.06 bits per heavy atom. The van der Waals surface area contributed by atoms with E-state index in [2.05, 4.69) is 0 Å². The zero-order valence-corrected chi connectivity index (χ0v) is 19.8. The van der Waals surface area contributed by atoms with Crippen molar-refractivity contribution in [3.63, 3.8) is 0 Å². The van der Waals surface area contributed by atoms with Crippen LogP contribution in [0.25, 0.3) is 0 Å². The highest BCUT2D eigenvalue weighted by Gasteiger charge is 2.48. The van der Waals surface area contributed by atoms with Gasteiger partial charge in [-0.25, -0.2) is 4.79 Å².